The molecule has 0 radical (unpaired) electrons. The van der Waals surface area contributed by atoms with E-state index in [1.165, 1.54) is 0 Å². The zero-order valence-electron chi connectivity index (χ0n) is 17.1. The Labute approximate surface area is 174 Å². The summed E-state index contributed by atoms with van der Waals surface area (Å²) < 4.78 is 12.4. The molecular formula is C22H23N5O3. The van der Waals surface area contributed by atoms with Gasteiger partial charge in [-0.25, -0.2) is 9.97 Å². The monoisotopic (exact) mass is 405 g/mol. The van der Waals surface area contributed by atoms with E-state index in [1.807, 2.05) is 72.1 Å². The molecule has 0 aliphatic carbocycles. The third-order valence-corrected chi connectivity index (χ3v) is 4.64. The van der Waals surface area contributed by atoms with Gasteiger partial charge in [0.25, 0.3) is 0 Å². The number of furan rings is 1. The first kappa shape index (κ1) is 19.5. The Morgan fingerprint density at radius 2 is 1.97 bits per heavy atom. The Kier molecular flexibility index (Phi) is 5.65. The summed E-state index contributed by atoms with van der Waals surface area (Å²) >= 11 is 0. The maximum absolute atomic E-state index is 5.40. The lowest BCUT2D eigenvalue weighted by Gasteiger charge is -2.24. The van der Waals surface area contributed by atoms with E-state index in [9.17, 15) is 0 Å². The lowest BCUT2D eigenvalue weighted by molar-refractivity contribution is 0.109. The minimum Gasteiger partial charge on any atom is -0.479 e. The van der Waals surface area contributed by atoms with Crippen molar-refractivity contribution in [3.05, 3.63) is 72.6 Å². The lowest BCUT2D eigenvalue weighted by Crippen LogP contribution is -2.35. The zero-order valence-corrected chi connectivity index (χ0v) is 17.1. The summed E-state index contributed by atoms with van der Waals surface area (Å²) in [4.78, 5) is 15.9. The third kappa shape index (κ3) is 4.12. The van der Waals surface area contributed by atoms with E-state index in [2.05, 4.69) is 15.1 Å². The SMILES string of the molecule is COc1nc(C2=NOCCN2C)ccc1-n1cnc(C)c1.c1ccc2occc2c1. The van der Waals surface area contributed by atoms with Crippen LogP contribution in [0, 0.1) is 6.92 Å². The van der Waals surface area contributed by atoms with Crippen molar-refractivity contribution in [2.75, 3.05) is 27.3 Å². The van der Waals surface area contributed by atoms with E-state index < -0.39 is 0 Å². The van der Waals surface area contributed by atoms with Crippen LogP contribution in [-0.4, -0.2) is 52.6 Å². The average Bonchev–Trinajstić information content (AvgIpc) is 3.43. The maximum atomic E-state index is 5.40. The fraction of sp³-hybridized carbons (Fsp3) is 0.227. The summed E-state index contributed by atoms with van der Waals surface area (Å²) in [5.41, 5.74) is 3.44. The number of amidine groups is 1. The standard InChI is InChI=1S/C14H17N5O2.C8H6O/c1-10-8-19(9-15-10)12-5-4-11(16-14(12)20-3)13-17-21-7-6-18(13)2;1-2-4-8-7(3-1)5-6-9-8/h4-5,8-9H,6-7H2,1-3H3;1-6H. The highest BCUT2D eigenvalue weighted by Gasteiger charge is 2.18. The number of hydrogen-bond acceptors (Lipinski definition) is 7. The quantitative estimate of drug-likeness (QED) is 0.518. The second-order valence-electron chi connectivity index (χ2n) is 6.78. The van der Waals surface area contributed by atoms with E-state index in [1.54, 1.807) is 19.7 Å². The molecule has 4 aromatic rings. The average molecular weight is 405 g/mol. The summed E-state index contributed by atoms with van der Waals surface area (Å²) in [5, 5.41) is 5.23. The van der Waals surface area contributed by atoms with Gasteiger partial charge in [-0.05, 0) is 31.2 Å². The third-order valence-electron chi connectivity index (χ3n) is 4.64. The van der Waals surface area contributed by atoms with Crippen LogP contribution in [0.2, 0.25) is 0 Å². The van der Waals surface area contributed by atoms with Gasteiger partial charge in [0, 0.05) is 18.6 Å². The van der Waals surface area contributed by atoms with Crippen molar-refractivity contribution < 1.29 is 14.0 Å². The van der Waals surface area contributed by atoms with Crippen LogP contribution in [0.1, 0.15) is 11.4 Å². The predicted octanol–water partition coefficient (Wildman–Crippen LogP) is 3.64. The summed E-state index contributed by atoms with van der Waals surface area (Å²) in [6.45, 7) is 3.31. The van der Waals surface area contributed by atoms with Gasteiger partial charge in [-0.2, -0.15) is 0 Å². The number of aryl methyl sites for hydroxylation is 1. The van der Waals surface area contributed by atoms with E-state index in [0.29, 0.717) is 18.3 Å². The number of ether oxygens (including phenoxy) is 1. The van der Waals surface area contributed by atoms with Crippen LogP contribution in [0.5, 0.6) is 5.88 Å². The number of fused-ring (bicyclic) bond motifs is 1. The molecule has 0 fully saturated rings. The van der Waals surface area contributed by atoms with Crippen LogP contribution in [0.25, 0.3) is 16.7 Å². The zero-order chi connectivity index (χ0) is 20.9. The molecule has 0 spiro atoms. The molecule has 0 bridgehead atoms. The number of imidazole rings is 1. The first-order chi connectivity index (χ1) is 14.7. The molecule has 0 atom stereocenters. The van der Waals surface area contributed by atoms with Gasteiger partial charge < -0.3 is 23.5 Å². The molecular weight excluding hydrogens is 382 g/mol. The molecule has 0 amide bonds. The number of pyridine rings is 1. The van der Waals surface area contributed by atoms with Crippen LogP contribution in [0.3, 0.4) is 0 Å². The van der Waals surface area contributed by atoms with Gasteiger partial charge in [-0.15, -0.1) is 0 Å². The van der Waals surface area contributed by atoms with Crippen LogP contribution in [0.15, 0.2) is 70.8 Å². The number of methoxy groups -OCH3 is 1. The molecule has 4 heterocycles. The number of likely N-dealkylation sites (N-methyl/N-ethyl adjacent to an activating group) is 1. The number of para-hydroxylation sites is 1. The Balaban J connectivity index is 0.000000200. The smallest absolute Gasteiger partial charge is 0.238 e. The predicted molar refractivity (Wildman–Crippen MR) is 114 cm³/mol. The Morgan fingerprint density at radius 1 is 1.10 bits per heavy atom. The van der Waals surface area contributed by atoms with Crippen molar-refractivity contribution >= 4 is 16.8 Å². The van der Waals surface area contributed by atoms with Gasteiger partial charge in [-0.1, -0.05) is 23.4 Å². The number of hydrogen-bond donors (Lipinski definition) is 0. The number of rotatable bonds is 3. The van der Waals surface area contributed by atoms with E-state index in [-0.39, 0.29) is 0 Å². The largest absolute Gasteiger partial charge is 0.479 e. The minimum atomic E-state index is 0.520. The van der Waals surface area contributed by atoms with Gasteiger partial charge in [0.05, 0.1) is 31.9 Å². The molecule has 0 unspecified atom stereocenters. The summed E-state index contributed by atoms with van der Waals surface area (Å²) in [5.74, 6) is 1.22. The van der Waals surface area contributed by atoms with Crippen molar-refractivity contribution in [3.63, 3.8) is 0 Å². The second kappa shape index (κ2) is 8.69. The van der Waals surface area contributed by atoms with Gasteiger partial charge in [0.15, 0.2) is 5.84 Å². The molecule has 30 heavy (non-hydrogen) atoms. The molecule has 154 valence electrons. The molecule has 3 aromatic heterocycles. The molecule has 0 N–H and O–H groups in total. The van der Waals surface area contributed by atoms with Gasteiger partial charge in [-0.3, -0.25) is 0 Å². The van der Waals surface area contributed by atoms with E-state index in [0.717, 1.165) is 34.6 Å². The fourth-order valence-electron chi connectivity index (χ4n) is 3.07. The molecule has 0 saturated carbocycles. The second-order valence-corrected chi connectivity index (χ2v) is 6.78. The van der Waals surface area contributed by atoms with Crippen molar-refractivity contribution in [1.29, 1.82) is 0 Å². The normalized spacial score (nSPS) is 13.3. The number of benzene rings is 1. The number of oxime groups is 1. The summed E-state index contributed by atoms with van der Waals surface area (Å²) in [6.07, 6.45) is 5.36. The van der Waals surface area contributed by atoms with Gasteiger partial charge in [0.2, 0.25) is 5.88 Å². The molecule has 1 aliphatic heterocycles. The maximum Gasteiger partial charge on any atom is 0.238 e. The fourth-order valence-corrected chi connectivity index (χ4v) is 3.07. The van der Waals surface area contributed by atoms with Crippen molar-refractivity contribution in [2.24, 2.45) is 5.16 Å². The first-order valence-electron chi connectivity index (χ1n) is 9.55. The molecule has 0 saturated heterocycles. The van der Waals surface area contributed by atoms with E-state index >= 15 is 0 Å². The molecule has 8 nitrogen and oxygen atoms in total. The van der Waals surface area contributed by atoms with Crippen LogP contribution < -0.4 is 4.74 Å². The molecule has 1 aliphatic rings. The van der Waals surface area contributed by atoms with Crippen LogP contribution >= 0.6 is 0 Å². The summed E-state index contributed by atoms with van der Waals surface area (Å²) in [7, 11) is 3.56. The van der Waals surface area contributed by atoms with Crippen molar-refractivity contribution in [1.82, 2.24) is 19.4 Å². The molecule has 8 heteroatoms. The Bertz CT molecular complexity index is 1130. The Morgan fingerprint density at radius 3 is 2.70 bits per heavy atom. The molecule has 5 rings (SSSR count). The van der Waals surface area contributed by atoms with Gasteiger partial charge >= 0.3 is 0 Å². The van der Waals surface area contributed by atoms with Crippen LogP contribution in [0.4, 0.5) is 0 Å². The van der Waals surface area contributed by atoms with E-state index in [4.69, 9.17) is 14.0 Å². The Hall–Kier alpha value is -3.81. The molecule has 1 aromatic carbocycles. The van der Waals surface area contributed by atoms with Crippen LogP contribution in [-0.2, 0) is 4.84 Å². The highest BCUT2D eigenvalue weighted by Crippen LogP contribution is 2.22. The van der Waals surface area contributed by atoms with Gasteiger partial charge in [0.1, 0.15) is 23.6 Å². The van der Waals surface area contributed by atoms with Crippen molar-refractivity contribution in [3.8, 4) is 11.6 Å². The topological polar surface area (TPSA) is 77.9 Å². The lowest BCUT2D eigenvalue weighted by atomic mass is 10.2. The summed E-state index contributed by atoms with van der Waals surface area (Å²) in [6, 6.07) is 13.7. The highest BCUT2D eigenvalue weighted by molar-refractivity contribution is 5.97. The first-order valence-corrected chi connectivity index (χ1v) is 9.55. The van der Waals surface area contributed by atoms with Crippen molar-refractivity contribution in [2.45, 2.75) is 6.92 Å². The number of nitrogens with zero attached hydrogens (tertiary/aromatic N) is 5. The highest BCUT2D eigenvalue weighted by atomic mass is 16.6. The number of aromatic nitrogens is 3. The minimum absolute atomic E-state index is 0.520.